The third-order valence-electron chi connectivity index (χ3n) is 3.75. The van der Waals surface area contributed by atoms with Crippen molar-refractivity contribution >= 4 is 22.8 Å². The van der Waals surface area contributed by atoms with Crippen LogP contribution < -0.4 is 15.4 Å². The van der Waals surface area contributed by atoms with Crippen LogP contribution >= 0.6 is 0 Å². The summed E-state index contributed by atoms with van der Waals surface area (Å²) in [4.78, 5) is 11.8. The first-order chi connectivity index (χ1) is 11.7. The Morgan fingerprint density at radius 1 is 1.17 bits per heavy atom. The normalized spacial score (nSPS) is 10.6. The number of carbonyl (C=O) groups excluding carboxylic acids is 1. The summed E-state index contributed by atoms with van der Waals surface area (Å²) < 4.78 is 5.18. The topological polar surface area (TPSA) is 79.0 Å². The number of rotatable bonds is 5. The number of urea groups is 1. The van der Waals surface area contributed by atoms with E-state index in [2.05, 4.69) is 20.8 Å². The molecule has 0 aliphatic heterocycles. The second-order valence-electron chi connectivity index (χ2n) is 5.44. The number of carbonyl (C=O) groups is 1. The summed E-state index contributed by atoms with van der Waals surface area (Å²) in [5, 5.41) is 13.6. The lowest BCUT2D eigenvalue weighted by Gasteiger charge is -2.05. The number of hydrogen-bond acceptors (Lipinski definition) is 3. The van der Waals surface area contributed by atoms with Crippen molar-refractivity contribution in [1.29, 1.82) is 0 Å². The summed E-state index contributed by atoms with van der Waals surface area (Å²) >= 11 is 0. The highest BCUT2D eigenvalue weighted by molar-refractivity contribution is 6.00. The van der Waals surface area contributed by atoms with Crippen LogP contribution in [-0.2, 0) is 0 Å². The molecule has 6 heteroatoms. The molecule has 2 aromatic carbocycles. The smallest absolute Gasteiger partial charge is 0.320 e. The number of aromatic amines is 1. The van der Waals surface area contributed by atoms with E-state index >= 15 is 0 Å². The van der Waals surface area contributed by atoms with E-state index in [0.29, 0.717) is 12.4 Å². The van der Waals surface area contributed by atoms with Crippen molar-refractivity contribution in [3.63, 3.8) is 0 Å². The van der Waals surface area contributed by atoms with Crippen LogP contribution in [0.25, 0.3) is 22.0 Å². The highest BCUT2D eigenvalue weighted by Gasteiger charge is 2.10. The molecule has 0 aliphatic rings. The number of fused-ring (bicyclic) bond motifs is 1. The molecular formula is C18H20N4O2. The van der Waals surface area contributed by atoms with Gasteiger partial charge in [0.2, 0.25) is 0 Å². The van der Waals surface area contributed by atoms with E-state index < -0.39 is 0 Å². The lowest BCUT2D eigenvalue weighted by Crippen LogP contribution is -2.29. The van der Waals surface area contributed by atoms with Crippen LogP contribution in [0.15, 0.2) is 42.5 Å². The number of hydrogen-bond donors (Lipinski definition) is 3. The fourth-order valence-corrected chi connectivity index (χ4v) is 2.47. The van der Waals surface area contributed by atoms with Gasteiger partial charge >= 0.3 is 6.03 Å². The molecule has 0 saturated heterocycles. The number of benzene rings is 2. The first-order valence-electron chi connectivity index (χ1n) is 7.88. The third-order valence-corrected chi connectivity index (χ3v) is 3.75. The van der Waals surface area contributed by atoms with Crippen LogP contribution in [-0.4, -0.2) is 29.9 Å². The van der Waals surface area contributed by atoms with E-state index in [-0.39, 0.29) is 6.03 Å². The number of aromatic nitrogens is 2. The predicted octanol–water partition coefficient (Wildman–Crippen LogP) is 3.77. The zero-order chi connectivity index (χ0) is 16.9. The highest BCUT2D eigenvalue weighted by atomic mass is 16.5. The van der Waals surface area contributed by atoms with E-state index in [1.807, 2.05) is 49.4 Å². The lowest BCUT2D eigenvalue weighted by molar-refractivity contribution is 0.252. The van der Waals surface area contributed by atoms with Crippen molar-refractivity contribution in [2.24, 2.45) is 0 Å². The van der Waals surface area contributed by atoms with Gasteiger partial charge in [-0.3, -0.25) is 10.4 Å². The molecule has 0 saturated carbocycles. The molecule has 124 valence electrons. The first-order valence-corrected chi connectivity index (χ1v) is 7.88. The molecule has 0 radical (unpaired) electrons. The minimum atomic E-state index is -0.246. The Balaban J connectivity index is 1.83. The van der Waals surface area contributed by atoms with E-state index in [9.17, 15) is 4.79 Å². The van der Waals surface area contributed by atoms with Gasteiger partial charge in [0.1, 0.15) is 5.75 Å². The van der Waals surface area contributed by atoms with Crippen LogP contribution in [0.5, 0.6) is 5.75 Å². The van der Waals surface area contributed by atoms with Gasteiger partial charge in [0, 0.05) is 11.9 Å². The van der Waals surface area contributed by atoms with Gasteiger partial charge in [-0.25, -0.2) is 4.79 Å². The SMILES string of the molecule is CCCNC(=O)Nc1n[nH]c2cc(-c3ccc(OC)cc3)ccc12. The Labute approximate surface area is 140 Å². The summed E-state index contributed by atoms with van der Waals surface area (Å²) in [7, 11) is 1.65. The van der Waals surface area contributed by atoms with E-state index in [4.69, 9.17) is 4.74 Å². The van der Waals surface area contributed by atoms with Crippen LogP contribution in [0, 0.1) is 0 Å². The molecule has 3 N–H and O–H groups in total. The third kappa shape index (κ3) is 3.32. The minimum absolute atomic E-state index is 0.246. The Kier molecular flexibility index (Phi) is 4.65. The zero-order valence-corrected chi connectivity index (χ0v) is 13.7. The summed E-state index contributed by atoms with van der Waals surface area (Å²) in [6, 6.07) is 13.6. The van der Waals surface area contributed by atoms with Crippen LogP contribution in [0.2, 0.25) is 0 Å². The number of methoxy groups -OCH3 is 1. The van der Waals surface area contributed by atoms with Crippen molar-refractivity contribution < 1.29 is 9.53 Å². The largest absolute Gasteiger partial charge is 0.497 e. The van der Waals surface area contributed by atoms with Crippen molar-refractivity contribution in [2.45, 2.75) is 13.3 Å². The fourth-order valence-electron chi connectivity index (χ4n) is 2.47. The zero-order valence-electron chi connectivity index (χ0n) is 13.7. The summed E-state index contributed by atoms with van der Waals surface area (Å²) in [6.07, 6.45) is 0.889. The van der Waals surface area contributed by atoms with Gasteiger partial charge in [0.05, 0.1) is 12.6 Å². The van der Waals surface area contributed by atoms with Gasteiger partial charge in [-0.05, 0) is 41.8 Å². The van der Waals surface area contributed by atoms with Crippen LogP contribution in [0.4, 0.5) is 10.6 Å². The second-order valence-corrected chi connectivity index (χ2v) is 5.44. The molecule has 1 heterocycles. The first kappa shape index (κ1) is 15.9. The van der Waals surface area contributed by atoms with Gasteiger partial charge in [0.25, 0.3) is 0 Å². The molecule has 1 aromatic heterocycles. The molecule has 0 unspecified atom stereocenters. The van der Waals surface area contributed by atoms with Gasteiger partial charge in [-0.1, -0.05) is 25.1 Å². The maximum atomic E-state index is 11.8. The molecule has 0 fully saturated rings. The molecule has 0 spiro atoms. The number of nitrogens with one attached hydrogen (secondary N) is 3. The Hall–Kier alpha value is -3.02. The fraction of sp³-hybridized carbons (Fsp3) is 0.222. The van der Waals surface area contributed by atoms with Gasteiger partial charge in [-0.15, -0.1) is 0 Å². The van der Waals surface area contributed by atoms with Crippen molar-refractivity contribution in [1.82, 2.24) is 15.5 Å². The number of ether oxygens (including phenoxy) is 1. The molecule has 3 rings (SSSR count). The van der Waals surface area contributed by atoms with Crippen LogP contribution in [0.1, 0.15) is 13.3 Å². The molecular weight excluding hydrogens is 304 g/mol. The summed E-state index contributed by atoms with van der Waals surface area (Å²) in [5.41, 5.74) is 3.02. The predicted molar refractivity (Wildman–Crippen MR) is 95.4 cm³/mol. The molecule has 0 bridgehead atoms. The second kappa shape index (κ2) is 7.04. The maximum absolute atomic E-state index is 11.8. The average Bonchev–Trinajstić information content (AvgIpc) is 3.02. The Morgan fingerprint density at radius 2 is 1.92 bits per heavy atom. The number of amides is 2. The van der Waals surface area contributed by atoms with Gasteiger partial charge in [-0.2, -0.15) is 5.10 Å². The monoisotopic (exact) mass is 324 g/mol. The molecule has 2 amide bonds. The van der Waals surface area contributed by atoms with E-state index in [0.717, 1.165) is 34.2 Å². The number of nitrogens with zero attached hydrogens (tertiary/aromatic N) is 1. The van der Waals surface area contributed by atoms with Crippen molar-refractivity contribution in [3.8, 4) is 16.9 Å². The Bertz CT molecular complexity index is 840. The molecule has 0 aliphatic carbocycles. The molecule has 3 aromatic rings. The highest BCUT2D eigenvalue weighted by Crippen LogP contribution is 2.28. The quantitative estimate of drug-likeness (QED) is 0.668. The minimum Gasteiger partial charge on any atom is -0.497 e. The van der Waals surface area contributed by atoms with Gasteiger partial charge < -0.3 is 10.1 Å². The molecule has 6 nitrogen and oxygen atoms in total. The van der Waals surface area contributed by atoms with Crippen molar-refractivity contribution in [2.75, 3.05) is 19.0 Å². The Morgan fingerprint density at radius 3 is 2.62 bits per heavy atom. The van der Waals surface area contributed by atoms with E-state index in [1.54, 1.807) is 7.11 Å². The molecule has 24 heavy (non-hydrogen) atoms. The lowest BCUT2D eigenvalue weighted by atomic mass is 10.0. The summed E-state index contributed by atoms with van der Waals surface area (Å²) in [5.74, 6) is 1.35. The van der Waals surface area contributed by atoms with Crippen LogP contribution in [0.3, 0.4) is 0 Å². The standard InChI is InChI=1S/C18H20N4O2/c1-3-10-19-18(23)20-17-15-9-6-13(11-16(15)21-22-17)12-4-7-14(24-2)8-5-12/h4-9,11H,3,10H2,1-2H3,(H3,19,20,21,22,23). The maximum Gasteiger partial charge on any atom is 0.320 e. The van der Waals surface area contributed by atoms with E-state index in [1.165, 1.54) is 0 Å². The summed E-state index contributed by atoms with van der Waals surface area (Å²) in [6.45, 7) is 2.64. The number of H-pyrrole nitrogens is 1. The number of anilines is 1. The molecule has 0 atom stereocenters. The van der Waals surface area contributed by atoms with Crippen molar-refractivity contribution in [3.05, 3.63) is 42.5 Å². The van der Waals surface area contributed by atoms with Gasteiger partial charge in [0.15, 0.2) is 5.82 Å². The average molecular weight is 324 g/mol.